The van der Waals surface area contributed by atoms with Gasteiger partial charge in [0.1, 0.15) is 11.9 Å². The second-order valence-electron chi connectivity index (χ2n) is 4.03. The van der Waals surface area contributed by atoms with Crippen molar-refractivity contribution in [3.63, 3.8) is 0 Å². The van der Waals surface area contributed by atoms with Gasteiger partial charge in [-0.15, -0.1) is 0 Å². The molecule has 0 radical (unpaired) electrons. The fourth-order valence-electron chi connectivity index (χ4n) is 1.93. The number of aliphatic hydroxyl groups is 1. The summed E-state index contributed by atoms with van der Waals surface area (Å²) < 4.78 is 10.6. The second kappa shape index (κ2) is 5.73. The van der Waals surface area contributed by atoms with Crippen LogP contribution in [0, 0.1) is 0 Å². The fourth-order valence-corrected chi connectivity index (χ4v) is 1.93. The smallest absolute Gasteiger partial charge is 0.414 e. The molecule has 2 rings (SSSR count). The van der Waals surface area contributed by atoms with Crippen LogP contribution in [0.5, 0.6) is 5.75 Å². The summed E-state index contributed by atoms with van der Waals surface area (Å²) in [7, 11) is 0. The Balaban J connectivity index is 2.19. The van der Waals surface area contributed by atoms with E-state index in [0.717, 1.165) is 0 Å². The van der Waals surface area contributed by atoms with Crippen LogP contribution in [0.2, 0.25) is 0 Å². The van der Waals surface area contributed by atoms with E-state index in [2.05, 4.69) is 0 Å². The molecule has 18 heavy (non-hydrogen) atoms. The van der Waals surface area contributed by atoms with Gasteiger partial charge in [0.25, 0.3) is 0 Å². The third-order valence-corrected chi connectivity index (χ3v) is 2.82. The first-order valence-corrected chi connectivity index (χ1v) is 6.07. The Labute approximate surface area is 106 Å². The number of anilines is 1. The van der Waals surface area contributed by atoms with Crippen LogP contribution in [0.3, 0.4) is 0 Å². The van der Waals surface area contributed by atoms with E-state index in [1.165, 1.54) is 4.90 Å². The number of para-hydroxylation sites is 2. The van der Waals surface area contributed by atoms with Crippen molar-refractivity contribution in [2.24, 2.45) is 0 Å². The number of hydrogen-bond donors (Lipinski definition) is 1. The zero-order valence-corrected chi connectivity index (χ0v) is 10.3. The third-order valence-electron chi connectivity index (χ3n) is 2.82. The first-order valence-electron chi connectivity index (χ1n) is 6.07. The molecule has 1 aromatic rings. The molecule has 1 heterocycles. The van der Waals surface area contributed by atoms with Crippen molar-refractivity contribution in [1.82, 2.24) is 0 Å². The summed E-state index contributed by atoms with van der Waals surface area (Å²) in [6.07, 6.45) is -0.219. The molecule has 0 spiro atoms. The van der Waals surface area contributed by atoms with E-state index in [9.17, 15) is 4.79 Å². The van der Waals surface area contributed by atoms with E-state index < -0.39 is 12.2 Å². The van der Waals surface area contributed by atoms with E-state index in [0.29, 0.717) is 31.0 Å². The summed E-state index contributed by atoms with van der Waals surface area (Å²) in [4.78, 5) is 13.4. The Kier molecular flexibility index (Phi) is 4.04. The van der Waals surface area contributed by atoms with Gasteiger partial charge in [-0.05, 0) is 19.1 Å². The molecular weight excluding hydrogens is 234 g/mol. The molecule has 0 saturated carbocycles. The first-order chi connectivity index (χ1) is 8.76. The van der Waals surface area contributed by atoms with Crippen molar-refractivity contribution in [2.75, 3.05) is 24.7 Å². The summed E-state index contributed by atoms with van der Waals surface area (Å²) in [5.41, 5.74) is 0.709. The predicted octanol–water partition coefficient (Wildman–Crippen LogP) is 1.79. The summed E-state index contributed by atoms with van der Waals surface area (Å²) in [5, 5.41) is 8.98. The van der Waals surface area contributed by atoms with Crippen LogP contribution < -0.4 is 9.64 Å². The lowest BCUT2D eigenvalue weighted by molar-refractivity contribution is 0.0451. The maximum absolute atomic E-state index is 11.9. The number of hydrogen-bond acceptors (Lipinski definition) is 4. The highest BCUT2D eigenvalue weighted by atomic mass is 16.6. The van der Waals surface area contributed by atoms with E-state index in [4.69, 9.17) is 14.6 Å². The fraction of sp³-hybridized carbons (Fsp3) is 0.462. The van der Waals surface area contributed by atoms with Crippen LogP contribution in [-0.2, 0) is 4.74 Å². The van der Waals surface area contributed by atoms with Crippen LogP contribution in [0.25, 0.3) is 0 Å². The summed E-state index contributed by atoms with van der Waals surface area (Å²) in [5.74, 6) is 0.666. The molecule has 0 aliphatic carbocycles. The lowest BCUT2D eigenvalue weighted by atomic mass is 10.2. The van der Waals surface area contributed by atoms with Gasteiger partial charge < -0.3 is 14.6 Å². The lowest BCUT2D eigenvalue weighted by Crippen LogP contribution is -2.43. The van der Waals surface area contributed by atoms with Gasteiger partial charge in [0.05, 0.1) is 18.9 Å². The summed E-state index contributed by atoms with van der Waals surface area (Å²) >= 11 is 0. The lowest BCUT2D eigenvalue weighted by Gasteiger charge is -2.31. The maximum Gasteiger partial charge on any atom is 0.414 e. The molecule has 0 bridgehead atoms. The van der Waals surface area contributed by atoms with Gasteiger partial charge in [0.2, 0.25) is 0 Å². The molecule has 1 saturated heterocycles. The molecule has 1 aromatic carbocycles. The Morgan fingerprint density at radius 3 is 2.94 bits per heavy atom. The van der Waals surface area contributed by atoms with Crippen LogP contribution in [0.15, 0.2) is 24.3 Å². The number of carbonyl (C=O) groups excluding carboxylic acids is 1. The highest BCUT2D eigenvalue weighted by molar-refractivity contribution is 5.90. The number of aliphatic hydroxyl groups excluding tert-OH is 1. The van der Waals surface area contributed by atoms with Crippen LogP contribution in [0.1, 0.15) is 13.3 Å². The molecule has 1 amide bonds. The number of ether oxygens (including phenoxy) is 2. The molecule has 1 atom stereocenters. The van der Waals surface area contributed by atoms with Crippen molar-refractivity contribution in [3.8, 4) is 5.75 Å². The maximum atomic E-state index is 11.9. The van der Waals surface area contributed by atoms with Crippen LogP contribution in [0.4, 0.5) is 10.5 Å². The molecular formula is C13H17NO4. The van der Waals surface area contributed by atoms with Gasteiger partial charge in [0, 0.05) is 13.0 Å². The normalized spacial score (nSPS) is 19.6. The topological polar surface area (TPSA) is 59.0 Å². The number of cyclic esters (lactones) is 1. The molecule has 1 aliphatic rings. The van der Waals surface area contributed by atoms with Gasteiger partial charge >= 0.3 is 6.09 Å². The molecule has 0 aromatic heterocycles. The van der Waals surface area contributed by atoms with Crippen molar-refractivity contribution in [2.45, 2.75) is 19.4 Å². The standard InChI is InChI=1S/C13H17NO4/c1-2-17-12-6-4-3-5-11(12)14-8-7-10(9-15)18-13(14)16/h3-6,10,15H,2,7-9H2,1H3. The van der Waals surface area contributed by atoms with E-state index in [-0.39, 0.29) is 6.61 Å². The zero-order chi connectivity index (χ0) is 13.0. The number of rotatable bonds is 4. The quantitative estimate of drug-likeness (QED) is 0.886. The van der Waals surface area contributed by atoms with Gasteiger partial charge in [-0.25, -0.2) is 4.79 Å². The van der Waals surface area contributed by atoms with Gasteiger partial charge in [-0.3, -0.25) is 4.90 Å². The monoisotopic (exact) mass is 251 g/mol. The molecule has 1 unspecified atom stereocenters. The predicted molar refractivity (Wildman–Crippen MR) is 66.9 cm³/mol. The second-order valence-corrected chi connectivity index (χ2v) is 4.03. The molecule has 1 fully saturated rings. The number of benzene rings is 1. The zero-order valence-electron chi connectivity index (χ0n) is 10.3. The minimum atomic E-state index is -0.438. The van der Waals surface area contributed by atoms with E-state index in [1.54, 1.807) is 0 Å². The Hall–Kier alpha value is -1.75. The van der Waals surface area contributed by atoms with Crippen molar-refractivity contribution in [3.05, 3.63) is 24.3 Å². The first kappa shape index (κ1) is 12.7. The summed E-state index contributed by atoms with van der Waals surface area (Å²) in [6, 6.07) is 7.36. The van der Waals surface area contributed by atoms with Gasteiger partial charge in [-0.2, -0.15) is 0 Å². The average molecular weight is 251 g/mol. The van der Waals surface area contributed by atoms with E-state index in [1.807, 2.05) is 31.2 Å². The summed E-state index contributed by atoms with van der Waals surface area (Å²) in [6.45, 7) is 2.83. The highest BCUT2D eigenvalue weighted by Crippen LogP contribution is 2.30. The Morgan fingerprint density at radius 1 is 1.50 bits per heavy atom. The third kappa shape index (κ3) is 2.56. The molecule has 1 N–H and O–H groups in total. The Morgan fingerprint density at radius 2 is 2.28 bits per heavy atom. The van der Waals surface area contributed by atoms with Gasteiger partial charge in [-0.1, -0.05) is 12.1 Å². The molecule has 98 valence electrons. The minimum absolute atomic E-state index is 0.132. The number of carbonyl (C=O) groups is 1. The SMILES string of the molecule is CCOc1ccccc1N1CCC(CO)OC1=O. The molecule has 1 aliphatic heterocycles. The average Bonchev–Trinajstić information content (AvgIpc) is 2.40. The number of amides is 1. The van der Waals surface area contributed by atoms with E-state index >= 15 is 0 Å². The van der Waals surface area contributed by atoms with Crippen LogP contribution in [-0.4, -0.2) is 37.1 Å². The molecule has 5 heteroatoms. The van der Waals surface area contributed by atoms with Gasteiger partial charge in [0.15, 0.2) is 0 Å². The van der Waals surface area contributed by atoms with Crippen LogP contribution >= 0.6 is 0 Å². The van der Waals surface area contributed by atoms with Crippen molar-refractivity contribution in [1.29, 1.82) is 0 Å². The van der Waals surface area contributed by atoms with Crippen molar-refractivity contribution < 1.29 is 19.4 Å². The Bertz CT molecular complexity index is 421. The highest BCUT2D eigenvalue weighted by Gasteiger charge is 2.29. The number of nitrogens with zero attached hydrogens (tertiary/aromatic N) is 1. The van der Waals surface area contributed by atoms with Crippen molar-refractivity contribution >= 4 is 11.8 Å². The largest absolute Gasteiger partial charge is 0.492 e. The minimum Gasteiger partial charge on any atom is -0.492 e. The molecule has 5 nitrogen and oxygen atoms in total.